The maximum Gasteiger partial charge on any atom is 0.254 e. The van der Waals surface area contributed by atoms with Crippen LogP contribution in [0.25, 0.3) is 5.78 Å². The van der Waals surface area contributed by atoms with Crippen molar-refractivity contribution < 1.29 is 9.26 Å². The second-order valence-corrected chi connectivity index (χ2v) is 7.21. The summed E-state index contributed by atoms with van der Waals surface area (Å²) in [7, 11) is 1.66. The first kappa shape index (κ1) is 17.8. The molecule has 0 spiro atoms. The van der Waals surface area contributed by atoms with Crippen molar-refractivity contribution in [3.8, 4) is 0 Å². The maximum absolute atomic E-state index is 5.48. The molecule has 4 heterocycles. The molecule has 27 heavy (non-hydrogen) atoms. The molecule has 1 aliphatic rings. The van der Waals surface area contributed by atoms with Crippen LogP contribution in [0.3, 0.4) is 0 Å². The summed E-state index contributed by atoms with van der Waals surface area (Å²) in [6.45, 7) is 5.43. The van der Waals surface area contributed by atoms with Crippen molar-refractivity contribution in [3.05, 3.63) is 29.8 Å². The summed E-state index contributed by atoms with van der Waals surface area (Å²) in [5.41, 5.74) is 0.826. The fourth-order valence-corrected chi connectivity index (χ4v) is 3.54. The molecule has 0 aromatic carbocycles. The zero-order valence-corrected chi connectivity index (χ0v) is 16.0. The van der Waals surface area contributed by atoms with Crippen LogP contribution in [0.15, 0.2) is 16.9 Å². The molecule has 3 aromatic rings. The molecule has 9 heteroatoms. The third-order valence-electron chi connectivity index (χ3n) is 4.87. The highest BCUT2D eigenvalue weighted by atomic mass is 16.5. The first-order valence-corrected chi connectivity index (χ1v) is 9.46. The van der Waals surface area contributed by atoms with Gasteiger partial charge in [0.15, 0.2) is 5.82 Å². The topological polar surface area (TPSA) is 94.5 Å². The molecule has 0 bridgehead atoms. The number of anilines is 1. The van der Waals surface area contributed by atoms with Gasteiger partial charge in [-0.1, -0.05) is 31.8 Å². The molecule has 144 valence electrons. The number of fused-ring (bicyclic) bond motifs is 1. The predicted molar refractivity (Wildman–Crippen MR) is 98.4 cm³/mol. The lowest BCUT2D eigenvalue weighted by molar-refractivity contribution is 0.181. The Hall–Kier alpha value is -2.55. The lowest BCUT2D eigenvalue weighted by atomic mass is 10.1. The average Bonchev–Trinajstić information content (AvgIpc) is 3.26. The fraction of sp³-hybridized carbons (Fsp3) is 0.611. The van der Waals surface area contributed by atoms with Crippen molar-refractivity contribution in [2.75, 3.05) is 18.6 Å². The van der Waals surface area contributed by atoms with E-state index in [0.29, 0.717) is 18.3 Å². The van der Waals surface area contributed by atoms with E-state index in [1.54, 1.807) is 11.6 Å². The Morgan fingerprint density at radius 2 is 2.15 bits per heavy atom. The molecule has 1 saturated heterocycles. The zero-order chi connectivity index (χ0) is 18.8. The predicted octanol–water partition coefficient (Wildman–Crippen LogP) is 2.90. The van der Waals surface area contributed by atoms with Crippen LogP contribution in [-0.4, -0.2) is 43.4 Å². The van der Waals surface area contributed by atoms with Crippen molar-refractivity contribution in [1.29, 1.82) is 0 Å². The highest BCUT2D eigenvalue weighted by Crippen LogP contribution is 2.33. The Bertz CT molecular complexity index is 904. The minimum absolute atomic E-state index is 0.0361. The van der Waals surface area contributed by atoms with Crippen LogP contribution in [0, 0.1) is 0 Å². The molecule has 1 fully saturated rings. The molecule has 3 aromatic heterocycles. The zero-order valence-electron chi connectivity index (χ0n) is 16.0. The van der Waals surface area contributed by atoms with Gasteiger partial charge in [-0.3, -0.25) is 0 Å². The number of methoxy groups -OCH3 is 1. The van der Waals surface area contributed by atoms with Gasteiger partial charge in [-0.2, -0.15) is 19.6 Å². The van der Waals surface area contributed by atoms with Crippen LogP contribution in [-0.2, 0) is 11.3 Å². The summed E-state index contributed by atoms with van der Waals surface area (Å²) in [6, 6.07) is 2.06. The highest BCUT2D eigenvalue weighted by Gasteiger charge is 2.30. The van der Waals surface area contributed by atoms with Crippen LogP contribution in [0.2, 0.25) is 0 Å². The second-order valence-electron chi connectivity index (χ2n) is 7.21. The molecular weight excluding hydrogens is 346 g/mol. The van der Waals surface area contributed by atoms with E-state index < -0.39 is 0 Å². The van der Waals surface area contributed by atoms with E-state index in [2.05, 4.69) is 44.0 Å². The van der Waals surface area contributed by atoms with Gasteiger partial charge in [0.1, 0.15) is 12.1 Å². The number of aromatic nitrogens is 6. The smallest absolute Gasteiger partial charge is 0.254 e. The average molecular weight is 371 g/mol. The molecule has 0 radical (unpaired) electrons. The lowest BCUT2D eigenvalue weighted by Crippen LogP contribution is -2.31. The maximum atomic E-state index is 5.48. The van der Waals surface area contributed by atoms with Gasteiger partial charge in [0.05, 0.1) is 18.3 Å². The van der Waals surface area contributed by atoms with Crippen molar-refractivity contribution in [3.63, 3.8) is 0 Å². The second kappa shape index (κ2) is 7.59. The van der Waals surface area contributed by atoms with Gasteiger partial charge in [0, 0.05) is 25.6 Å². The van der Waals surface area contributed by atoms with Crippen LogP contribution < -0.4 is 4.90 Å². The number of ether oxygens (including phenoxy) is 1. The molecule has 1 atom stereocenters. The van der Waals surface area contributed by atoms with Crippen molar-refractivity contribution in [1.82, 2.24) is 29.7 Å². The largest absolute Gasteiger partial charge is 0.378 e. The first-order valence-electron chi connectivity index (χ1n) is 9.46. The summed E-state index contributed by atoms with van der Waals surface area (Å²) >= 11 is 0. The van der Waals surface area contributed by atoms with Crippen molar-refractivity contribution >= 4 is 11.6 Å². The van der Waals surface area contributed by atoms with E-state index in [4.69, 9.17) is 9.26 Å². The Kier molecular flexibility index (Phi) is 5.02. The third-order valence-corrected chi connectivity index (χ3v) is 4.87. The van der Waals surface area contributed by atoms with E-state index in [-0.39, 0.29) is 12.0 Å². The summed E-state index contributed by atoms with van der Waals surface area (Å²) < 4.78 is 12.5. The van der Waals surface area contributed by atoms with Crippen molar-refractivity contribution in [2.45, 2.75) is 58.1 Å². The van der Waals surface area contributed by atoms with Crippen LogP contribution in [0.5, 0.6) is 0 Å². The molecule has 0 amide bonds. The van der Waals surface area contributed by atoms with Gasteiger partial charge >= 0.3 is 0 Å². The number of rotatable bonds is 5. The molecule has 0 aliphatic carbocycles. The van der Waals surface area contributed by atoms with E-state index in [9.17, 15) is 0 Å². The van der Waals surface area contributed by atoms with Gasteiger partial charge in [-0.05, 0) is 12.8 Å². The van der Waals surface area contributed by atoms with Crippen molar-refractivity contribution in [2.24, 2.45) is 0 Å². The Morgan fingerprint density at radius 3 is 2.93 bits per heavy atom. The standard InChI is InChI=1S/C18H25N7O2/c1-12(2)17-22-16(23-27-17)14-7-5-4-6-8-24(14)15-9-13(10-26-3)21-18-19-11-20-25(15)18/h9,11-12,14H,4-8,10H2,1-3H3/t14-/m0/s1. The Labute approximate surface area is 157 Å². The summed E-state index contributed by atoms with van der Waals surface area (Å²) in [4.78, 5) is 15.8. The van der Waals surface area contributed by atoms with Gasteiger partial charge in [-0.25, -0.2) is 4.98 Å². The van der Waals surface area contributed by atoms with Gasteiger partial charge in [0.25, 0.3) is 5.78 Å². The molecule has 0 N–H and O–H groups in total. The fourth-order valence-electron chi connectivity index (χ4n) is 3.54. The molecule has 4 rings (SSSR count). The van der Waals surface area contributed by atoms with E-state index in [0.717, 1.165) is 43.1 Å². The molecule has 0 saturated carbocycles. The van der Waals surface area contributed by atoms with E-state index >= 15 is 0 Å². The normalized spacial score (nSPS) is 18.4. The minimum atomic E-state index is 0.0361. The van der Waals surface area contributed by atoms with Crippen LogP contribution >= 0.6 is 0 Å². The van der Waals surface area contributed by atoms with E-state index in [1.165, 1.54) is 12.7 Å². The Balaban J connectivity index is 1.78. The highest BCUT2D eigenvalue weighted by molar-refractivity contribution is 5.48. The van der Waals surface area contributed by atoms with Gasteiger partial charge < -0.3 is 14.2 Å². The number of hydrogen-bond donors (Lipinski definition) is 0. The minimum Gasteiger partial charge on any atom is -0.378 e. The van der Waals surface area contributed by atoms with Crippen LogP contribution in [0.1, 0.15) is 68.9 Å². The summed E-state index contributed by atoms with van der Waals surface area (Å²) in [6.07, 6.45) is 5.90. The molecule has 1 aliphatic heterocycles. The molecular formula is C18H25N7O2. The first-order chi connectivity index (χ1) is 13.2. The number of hydrogen-bond acceptors (Lipinski definition) is 8. The summed E-state index contributed by atoms with van der Waals surface area (Å²) in [5.74, 6) is 3.13. The number of nitrogens with zero attached hydrogens (tertiary/aromatic N) is 7. The SMILES string of the molecule is COCc1cc(N2CCCCC[C@H]2c2noc(C(C)C)n2)n2ncnc2n1. The monoisotopic (exact) mass is 371 g/mol. The summed E-state index contributed by atoms with van der Waals surface area (Å²) in [5, 5.41) is 8.68. The third kappa shape index (κ3) is 3.51. The molecule has 0 unspecified atom stereocenters. The van der Waals surface area contributed by atoms with E-state index in [1.807, 2.05) is 6.07 Å². The lowest BCUT2D eigenvalue weighted by Gasteiger charge is -2.30. The molecule has 9 nitrogen and oxygen atoms in total. The Morgan fingerprint density at radius 1 is 1.26 bits per heavy atom. The van der Waals surface area contributed by atoms with Gasteiger partial charge in [0.2, 0.25) is 5.89 Å². The quantitative estimate of drug-likeness (QED) is 0.676. The van der Waals surface area contributed by atoms with Gasteiger partial charge in [-0.15, -0.1) is 0 Å². The van der Waals surface area contributed by atoms with Crippen LogP contribution in [0.4, 0.5) is 5.82 Å².